The number of para-hydroxylation sites is 1. The predicted molar refractivity (Wildman–Crippen MR) is 161 cm³/mol. The van der Waals surface area contributed by atoms with Crippen molar-refractivity contribution in [3.63, 3.8) is 0 Å². The number of carbonyl (C=O) groups excluding carboxylic acids is 2. The molecule has 0 saturated heterocycles. The van der Waals surface area contributed by atoms with Crippen molar-refractivity contribution in [1.82, 2.24) is 14.8 Å². The summed E-state index contributed by atoms with van der Waals surface area (Å²) in [5, 5.41) is 1.17. The van der Waals surface area contributed by atoms with Crippen molar-refractivity contribution >= 4 is 22.7 Å². The Labute approximate surface area is 238 Å². The second kappa shape index (κ2) is 13.4. The molecule has 210 valence electrons. The molecule has 0 saturated carbocycles. The molecule has 0 atom stereocenters. The molecule has 0 fully saturated rings. The highest BCUT2D eigenvalue weighted by atomic mass is 16.5. The Morgan fingerprint density at radius 1 is 0.850 bits per heavy atom. The number of amides is 2. The van der Waals surface area contributed by atoms with Gasteiger partial charge in [0.25, 0.3) is 5.91 Å². The second-order valence-corrected chi connectivity index (χ2v) is 11.3. The molecule has 4 aromatic rings. The van der Waals surface area contributed by atoms with Gasteiger partial charge < -0.3 is 19.5 Å². The fourth-order valence-corrected chi connectivity index (χ4v) is 4.90. The largest absolute Gasteiger partial charge is 0.385 e. The molecule has 1 heterocycles. The zero-order valence-corrected chi connectivity index (χ0v) is 24.2. The van der Waals surface area contributed by atoms with Gasteiger partial charge in [-0.25, -0.2) is 0 Å². The number of carbonyl (C=O) groups is 2. The van der Waals surface area contributed by atoms with E-state index in [1.165, 1.54) is 10.9 Å². The Balaban J connectivity index is 1.53. The number of H-pyrrole nitrogens is 1. The molecule has 0 aliphatic carbocycles. The van der Waals surface area contributed by atoms with Gasteiger partial charge >= 0.3 is 0 Å². The van der Waals surface area contributed by atoms with Crippen LogP contribution < -0.4 is 0 Å². The summed E-state index contributed by atoms with van der Waals surface area (Å²) in [4.78, 5) is 34.3. The average molecular weight is 540 g/mol. The highest BCUT2D eigenvalue weighted by Crippen LogP contribution is 2.23. The highest BCUT2D eigenvalue weighted by molar-refractivity contribution is 5.96. The molecule has 40 heavy (non-hydrogen) atoms. The summed E-state index contributed by atoms with van der Waals surface area (Å²) in [6, 6.07) is 26.0. The van der Waals surface area contributed by atoms with Gasteiger partial charge in [-0.2, -0.15) is 0 Å². The first-order valence-electron chi connectivity index (χ1n) is 14.0. The number of rotatable bonds is 12. The van der Waals surface area contributed by atoms with Crippen LogP contribution in [0.4, 0.5) is 0 Å². The number of ether oxygens (including phenoxy) is 1. The zero-order valence-electron chi connectivity index (χ0n) is 24.2. The summed E-state index contributed by atoms with van der Waals surface area (Å²) in [7, 11) is 1.65. The van der Waals surface area contributed by atoms with Gasteiger partial charge in [0.15, 0.2) is 0 Å². The van der Waals surface area contributed by atoms with E-state index in [2.05, 4.69) is 37.9 Å². The van der Waals surface area contributed by atoms with Crippen LogP contribution in [0.25, 0.3) is 10.9 Å². The topological polar surface area (TPSA) is 65.6 Å². The normalized spacial score (nSPS) is 11.5. The van der Waals surface area contributed by atoms with Crippen LogP contribution in [0.2, 0.25) is 0 Å². The Kier molecular flexibility index (Phi) is 9.78. The van der Waals surface area contributed by atoms with E-state index >= 15 is 0 Å². The first-order chi connectivity index (χ1) is 19.3. The lowest BCUT2D eigenvalue weighted by molar-refractivity contribution is -0.132. The molecule has 0 aliphatic heterocycles. The van der Waals surface area contributed by atoms with E-state index in [-0.39, 0.29) is 23.8 Å². The van der Waals surface area contributed by atoms with E-state index in [0.29, 0.717) is 44.6 Å². The summed E-state index contributed by atoms with van der Waals surface area (Å²) in [5.41, 5.74) is 5.08. The molecule has 6 nitrogen and oxygen atoms in total. The quantitative estimate of drug-likeness (QED) is 0.218. The standard InChI is InChI=1S/C34H41N3O3/c1-34(2,3)29-17-15-27(16-18-29)33(39)37(20-10-22-40-4)25-32(38)36(24-26-11-6-5-7-12-26)21-19-28-23-35-31-14-9-8-13-30(28)31/h5-9,11-18,23,35H,10,19-22,24-25H2,1-4H3. The lowest BCUT2D eigenvalue weighted by Crippen LogP contribution is -2.44. The molecule has 2 amide bonds. The maximum Gasteiger partial charge on any atom is 0.254 e. The second-order valence-electron chi connectivity index (χ2n) is 11.3. The molecular formula is C34H41N3O3. The molecule has 1 N–H and O–H groups in total. The first-order valence-corrected chi connectivity index (χ1v) is 14.0. The van der Waals surface area contributed by atoms with Crippen molar-refractivity contribution in [2.75, 3.05) is 33.4 Å². The van der Waals surface area contributed by atoms with Crippen LogP contribution in [0.1, 0.15) is 54.2 Å². The zero-order chi connectivity index (χ0) is 28.5. The molecule has 0 spiro atoms. The number of fused-ring (bicyclic) bond motifs is 1. The Morgan fingerprint density at radius 2 is 1.55 bits per heavy atom. The summed E-state index contributed by atoms with van der Waals surface area (Å²) < 4.78 is 5.24. The number of methoxy groups -OCH3 is 1. The van der Waals surface area contributed by atoms with Crippen molar-refractivity contribution in [2.24, 2.45) is 0 Å². The molecule has 6 heteroatoms. The third-order valence-electron chi connectivity index (χ3n) is 7.28. The van der Waals surface area contributed by atoms with Gasteiger partial charge in [-0.1, -0.05) is 81.4 Å². The molecule has 0 aliphatic rings. The van der Waals surface area contributed by atoms with E-state index in [9.17, 15) is 9.59 Å². The Morgan fingerprint density at radius 3 is 2.25 bits per heavy atom. The number of nitrogens with one attached hydrogen (secondary N) is 1. The van der Waals surface area contributed by atoms with Crippen LogP contribution in [0.3, 0.4) is 0 Å². The SMILES string of the molecule is COCCCN(CC(=O)N(CCc1c[nH]c2ccccc12)Cc1ccccc1)C(=O)c1ccc(C(C)(C)C)cc1. The molecular weight excluding hydrogens is 498 g/mol. The number of hydrogen-bond acceptors (Lipinski definition) is 3. The van der Waals surface area contributed by atoms with Crippen molar-refractivity contribution in [3.05, 3.63) is 107 Å². The van der Waals surface area contributed by atoms with Crippen molar-refractivity contribution in [1.29, 1.82) is 0 Å². The van der Waals surface area contributed by atoms with E-state index in [0.717, 1.165) is 16.6 Å². The van der Waals surface area contributed by atoms with E-state index in [4.69, 9.17) is 4.74 Å². The lowest BCUT2D eigenvalue weighted by Gasteiger charge is -2.28. The number of nitrogens with zero attached hydrogens (tertiary/aromatic N) is 2. The summed E-state index contributed by atoms with van der Waals surface area (Å²) in [5.74, 6) is -0.207. The van der Waals surface area contributed by atoms with Crippen LogP contribution in [-0.4, -0.2) is 59.9 Å². The maximum absolute atomic E-state index is 13.8. The number of aromatic nitrogens is 1. The molecule has 0 bridgehead atoms. The van der Waals surface area contributed by atoms with Gasteiger partial charge in [-0.05, 0) is 53.1 Å². The fraction of sp³-hybridized carbons (Fsp3) is 0.353. The van der Waals surface area contributed by atoms with E-state index < -0.39 is 0 Å². The van der Waals surface area contributed by atoms with Crippen LogP contribution in [0.15, 0.2) is 85.1 Å². The van der Waals surface area contributed by atoms with Crippen molar-refractivity contribution < 1.29 is 14.3 Å². The highest BCUT2D eigenvalue weighted by Gasteiger charge is 2.23. The van der Waals surface area contributed by atoms with E-state index in [1.54, 1.807) is 12.0 Å². The Bertz CT molecular complexity index is 1390. The van der Waals surface area contributed by atoms with Crippen molar-refractivity contribution in [3.8, 4) is 0 Å². The number of benzene rings is 3. The average Bonchev–Trinajstić information content (AvgIpc) is 3.37. The Hall–Kier alpha value is -3.90. The lowest BCUT2D eigenvalue weighted by atomic mass is 9.86. The van der Waals surface area contributed by atoms with Crippen LogP contribution in [0.5, 0.6) is 0 Å². The summed E-state index contributed by atoms with van der Waals surface area (Å²) in [6.45, 7) is 8.48. The number of hydrogen-bond donors (Lipinski definition) is 1. The molecule has 3 aromatic carbocycles. The maximum atomic E-state index is 13.8. The van der Waals surface area contributed by atoms with Crippen LogP contribution >= 0.6 is 0 Å². The monoisotopic (exact) mass is 539 g/mol. The smallest absolute Gasteiger partial charge is 0.254 e. The van der Waals surface area contributed by atoms with Gasteiger partial charge in [-0.15, -0.1) is 0 Å². The van der Waals surface area contributed by atoms with Gasteiger partial charge in [0, 0.05) is 56.0 Å². The molecule has 4 rings (SSSR count). The molecule has 0 unspecified atom stereocenters. The third-order valence-corrected chi connectivity index (χ3v) is 7.28. The van der Waals surface area contributed by atoms with Crippen molar-refractivity contribution in [2.45, 2.75) is 45.6 Å². The van der Waals surface area contributed by atoms with E-state index in [1.807, 2.05) is 77.8 Å². The minimum absolute atomic E-state index is 0.00156. The van der Waals surface area contributed by atoms with Gasteiger partial charge in [0.05, 0.1) is 0 Å². The minimum Gasteiger partial charge on any atom is -0.385 e. The third kappa shape index (κ3) is 7.60. The van der Waals surface area contributed by atoms with Gasteiger partial charge in [-0.3, -0.25) is 9.59 Å². The first kappa shape index (κ1) is 29.1. The fourth-order valence-electron chi connectivity index (χ4n) is 4.90. The molecule has 0 radical (unpaired) electrons. The van der Waals surface area contributed by atoms with Crippen LogP contribution in [-0.2, 0) is 27.9 Å². The molecule has 1 aromatic heterocycles. The number of aromatic amines is 1. The van der Waals surface area contributed by atoms with Gasteiger partial charge in [0.1, 0.15) is 6.54 Å². The summed E-state index contributed by atoms with van der Waals surface area (Å²) in [6.07, 6.45) is 3.40. The van der Waals surface area contributed by atoms with Crippen LogP contribution in [0, 0.1) is 0 Å². The minimum atomic E-state index is -0.138. The summed E-state index contributed by atoms with van der Waals surface area (Å²) >= 11 is 0. The van der Waals surface area contributed by atoms with Gasteiger partial charge in [0.2, 0.25) is 5.91 Å². The predicted octanol–water partition coefficient (Wildman–Crippen LogP) is 6.22.